The molecule has 0 bridgehead atoms. The lowest BCUT2D eigenvalue weighted by atomic mass is 9.98. The van der Waals surface area contributed by atoms with Crippen molar-refractivity contribution in [2.45, 2.75) is 26.2 Å². The fourth-order valence-corrected chi connectivity index (χ4v) is 4.07. The Balaban J connectivity index is 1.37. The van der Waals surface area contributed by atoms with Crippen molar-refractivity contribution >= 4 is 12.2 Å². The number of benzene rings is 2. The highest BCUT2D eigenvalue weighted by Gasteiger charge is 2.23. The van der Waals surface area contributed by atoms with Crippen LogP contribution in [0.5, 0.6) is 5.75 Å². The van der Waals surface area contributed by atoms with Crippen LogP contribution in [0.1, 0.15) is 30.9 Å². The summed E-state index contributed by atoms with van der Waals surface area (Å²) in [7, 11) is 1.37. The van der Waals surface area contributed by atoms with Crippen LogP contribution < -0.4 is 9.64 Å². The van der Waals surface area contributed by atoms with Crippen LogP contribution in [0.25, 0.3) is 11.1 Å². The third-order valence-electron chi connectivity index (χ3n) is 6.01. The molecule has 1 aliphatic rings. The number of hydroxylamine groups is 1. The van der Waals surface area contributed by atoms with Gasteiger partial charge in [0.15, 0.2) is 23.6 Å². The summed E-state index contributed by atoms with van der Waals surface area (Å²) in [5.41, 5.74) is 2.74. The zero-order chi connectivity index (χ0) is 24.1. The lowest BCUT2D eigenvalue weighted by molar-refractivity contribution is -0.416. The second-order valence-electron chi connectivity index (χ2n) is 8.56. The van der Waals surface area contributed by atoms with Crippen LogP contribution in [0, 0.1) is 22.8 Å². The van der Waals surface area contributed by atoms with Crippen molar-refractivity contribution in [2.24, 2.45) is 5.92 Å². The highest BCUT2D eigenvalue weighted by molar-refractivity contribution is 5.79. The molecule has 0 unspecified atom stereocenters. The second-order valence-corrected chi connectivity index (χ2v) is 8.56. The van der Waals surface area contributed by atoms with E-state index in [1.54, 1.807) is 24.3 Å². The van der Waals surface area contributed by atoms with Gasteiger partial charge in [-0.1, -0.05) is 19.1 Å². The summed E-state index contributed by atoms with van der Waals surface area (Å²) in [6, 6.07) is 9.46. The number of aryl methyl sites for hydroxylation is 1. The largest absolute Gasteiger partial charge is 0.624 e. The van der Waals surface area contributed by atoms with Gasteiger partial charge in [0.1, 0.15) is 7.05 Å². The molecule has 0 spiro atoms. The molecule has 0 amide bonds. The first kappa shape index (κ1) is 23.6. The van der Waals surface area contributed by atoms with E-state index >= 15 is 0 Å². The molecule has 0 radical (unpaired) electrons. The van der Waals surface area contributed by atoms with E-state index < -0.39 is 11.6 Å². The maximum atomic E-state index is 14.8. The molecule has 0 saturated carbocycles. The lowest BCUT2D eigenvalue weighted by Gasteiger charge is -2.31. The molecule has 3 aromatic rings. The summed E-state index contributed by atoms with van der Waals surface area (Å²) >= 11 is 0. The molecule has 1 fully saturated rings. The number of hydrogen-bond acceptors (Lipinski definition) is 5. The smallest absolute Gasteiger partial charge is 0.225 e. The molecule has 1 aromatic heterocycles. The quantitative estimate of drug-likeness (QED) is 0.216. The first-order valence-electron chi connectivity index (χ1n) is 11.5. The van der Waals surface area contributed by atoms with Gasteiger partial charge in [-0.15, -0.1) is 0 Å². The zero-order valence-electron chi connectivity index (χ0n) is 19.4. The van der Waals surface area contributed by atoms with Gasteiger partial charge in [0.05, 0.1) is 6.61 Å². The Bertz CT molecular complexity index is 1130. The monoisotopic (exact) mass is 466 g/mol. The third-order valence-corrected chi connectivity index (χ3v) is 6.01. The van der Waals surface area contributed by atoms with Crippen LogP contribution in [0.15, 0.2) is 48.8 Å². The van der Waals surface area contributed by atoms with Crippen molar-refractivity contribution in [3.63, 3.8) is 0 Å². The van der Waals surface area contributed by atoms with Crippen LogP contribution in [0.4, 0.5) is 14.7 Å². The SMILES string of the molecule is CCc1cnc(N2CCC(COc3c(F)cc(-c4cccc(/C=[N+](/C)[O-])c4)cc3F)CC2)nc1. The van der Waals surface area contributed by atoms with Crippen LogP contribution in [0.3, 0.4) is 0 Å². The first-order valence-corrected chi connectivity index (χ1v) is 11.5. The summed E-state index contributed by atoms with van der Waals surface area (Å²) in [4.78, 5) is 11.0. The lowest BCUT2D eigenvalue weighted by Crippen LogP contribution is -2.36. The maximum absolute atomic E-state index is 14.8. The molecule has 6 nitrogen and oxygen atoms in total. The van der Waals surface area contributed by atoms with E-state index in [1.807, 2.05) is 12.4 Å². The number of hydrogen-bond donors (Lipinski definition) is 0. The van der Waals surface area contributed by atoms with Gasteiger partial charge in [-0.3, -0.25) is 0 Å². The Morgan fingerprint density at radius 1 is 1.09 bits per heavy atom. The van der Waals surface area contributed by atoms with Gasteiger partial charge >= 0.3 is 0 Å². The van der Waals surface area contributed by atoms with Crippen LogP contribution in [-0.2, 0) is 6.42 Å². The number of rotatable bonds is 7. The number of halogens is 2. The Hall–Kier alpha value is -3.55. The third kappa shape index (κ3) is 5.68. The van der Waals surface area contributed by atoms with Gasteiger partial charge in [0.25, 0.3) is 0 Å². The number of nitrogens with zero attached hydrogens (tertiary/aromatic N) is 4. The normalized spacial score (nSPS) is 14.9. The molecule has 2 heterocycles. The van der Waals surface area contributed by atoms with E-state index in [9.17, 15) is 14.0 Å². The maximum Gasteiger partial charge on any atom is 0.225 e. The minimum Gasteiger partial charge on any atom is -0.624 e. The minimum atomic E-state index is -0.743. The molecule has 0 atom stereocenters. The van der Waals surface area contributed by atoms with Gasteiger partial charge < -0.3 is 14.8 Å². The van der Waals surface area contributed by atoms with Crippen LogP contribution in [0.2, 0.25) is 0 Å². The van der Waals surface area contributed by atoms with Crippen molar-refractivity contribution < 1.29 is 18.3 Å². The van der Waals surface area contributed by atoms with E-state index in [1.165, 1.54) is 25.4 Å². The summed E-state index contributed by atoms with van der Waals surface area (Å²) in [5.74, 6) is -0.931. The van der Waals surface area contributed by atoms with Crippen molar-refractivity contribution in [1.29, 1.82) is 0 Å². The Labute approximate surface area is 198 Å². The van der Waals surface area contributed by atoms with Gasteiger partial charge in [-0.05, 0) is 66.1 Å². The molecule has 0 aliphatic carbocycles. The zero-order valence-corrected chi connectivity index (χ0v) is 19.4. The molecular weight excluding hydrogens is 438 g/mol. The average molecular weight is 467 g/mol. The van der Waals surface area contributed by atoms with Crippen molar-refractivity contribution in [3.05, 3.63) is 76.8 Å². The Morgan fingerprint density at radius 2 is 1.76 bits per heavy atom. The standard InChI is InChI=1S/C26H28F2N4O2/c1-3-18-14-29-26(30-15-18)32-9-7-19(8-10-32)17-34-25-23(27)12-22(13-24(25)28)21-6-4-5-20(11-21)16-31(2)33/h4-6,11-16,19H,3,7-10,17H2,1-2H3/b31-16-. The number of anilines is 1. The van der Waals surface area contributed by atoms with E-state index in [0.717, 1.165) is 37.9 Å². The van der Waals surface area contributed by atoms with E-state index in [4.69, 9.17) is 4.74 Å². The second kappa shape index (κ2) is 10.6. The molecular formula is C26H28F2N4O2. The average Bonchev–Trinajstić information content (AvgIpc) is 2.83. The molecule has 178 valence electrons. The van der Waals surface area contributed by atoms with Crippen molar-refractivity contribution in [1.82, 2.24) is 9.97 Å². The van der Waals surface area contributed by atoms with Gasteiger partial charge in [0, 0.05) is 31.0 Å². The topological polar surface area (TPSA) is 64.3 Å². The number of aromatic nitrogens is 2. The van der Waals surface area contributed by atoms with Crippen molar-refractivity contribution in [2.75, 3.05) is 31.6 Å². The Kier molecular flexibility index (Phi) is 7.35. The van der Waals surface area contributed by atoms with Gasteiger partial charge in [-0.25, -0.2) is 23.5 Å². The highest BCUT2D eigenvalue weighted by atomic mass is 19.1. The van der Waals surface area contributed by atoms with E-state index in [-0.39, 0.29) is 18.3 Å². The molecule has 1 aliphatic heterocycles. The molecule has 0 N–H and O–H groups in total. The number of ether oxygens (including phenoxy) is 1. The minimum absolute atomic E-state index is 0.195. The summed E-state index contributed by atoms with van der Waals surface area (Å²) < 4.78 is 35.8. The summed E-state index contributed by atoms with van der Waals surface area (Å²) in [5, 5.41) is 11.2. The molecule has 1 saturated heterocycles. The molecule has 8 heteroatoms. The molecule has 34 heavy (non-hydrogen) atoms. The number of piperidine rings is 1. The van der Waals surface area contributed by atoms with E-state index in [0.29, 0.717) is 27.4 Å². The van der Waals surface area contributed by atoms with Crippen molar-refractivity contribution in [3.8, 4) is 16.9 Å². The highest BCUT2D eigenvalue weighted by Crippen LogP contribution is 2.30. The predicted octanol–water partition coefficient (Wildman–Crippen LogP) is 4.84. The van der Waals surface area contributed by atoms with Crippen LogP contribution >= 0.6 is 0 Å². The van der Waals surface area contributed by atoms with Crippen LogP contribution in [-0.4, -0.2) is 47.7 Å². The predicted molar refractivity (Wildman–Crippen MR) is 128 cm³/mol. The summed E-state index contributed by atoms with van der Waals surface area (Å²) in [6.45, 7) is 3.86. The van der Waals surface area contributed by atoms with Gasteiger partial charge in [-0.2, -0.15) is 0 Å². The Morgan fingerprint density at radius 3 is 2.38 bits per heavy atom. The first-order chi connectivity index (χ1) is 16.4. The summed E-state index contributed by atoms with van der Waals surface area (Å²) in [6.07, 6.45) is 7.66. The fraction of sp³-hybridized carbons (Fsp3) is 0.346. The van der Waals surface area contributed by atoms with Gasteiger partial charge in [0.2, 0.25) is 5.95 Å². The molecule has 4 rings (SSSR count). The van der Waals surface area contributed by atoms with E-state index in [2.05, 4.69) is 21.8 Å². The molecule has 2 aromatic carbocycles. The fourth-order valence-electron chi connectivity index (χ4n) is 4.07.